The van der Waals surface area contributed by atoms with Crippen molar-refractivity contribution in [1.82, 2.24) is 5.32 Å². The van der Waals surface area contributed by atoms with Gasteiger partial charge in [0.1, 0.15) is 6.61 Å². The molecule has 1 heterocycles. The molecule has 0 spiro atoms. The Morgan fingerprint density at radius 3 is 1.83 bits per heavy atom. The van der Waals surface area contributed by atoms with E-state index < -0.39 is 0 Å². The fourth-order valence-electron chi connectivity index (χ4n) is 4.73. The van der Waals surface area contributed by atoms with Crippen molar-refractivity contribution in [3.8, 4) is 0 Å². The highest BCUT2D eigenvalue weighted by atomic mass is 16.6. The van der Waals surface area contributed by atoms with Crippen LogP contribution >= 0.6 is 0 Å². The lowest BCUT2D eigenvalue weighted by atomic mass is 10.0. The second kappa shape index (κ2) is 21.5. The van der Waals surface area contributed by atoms with E-state index in [1.165, 1.54) is 96.3 Å². The van der Waals surface area contributed by atoms with Crippen LogP contribution in [0.25, 0.3) is 0 Å². The van der Waals surface area contributed by atoms with Gasteiger partial charge in [0.25, 0.3) is 0 Å². The summed E-state index contributed by atoms with van der Waals surface area (Å²) in [5.74, 6) is 0. The molecule has 1 amide bonds. The number of hydrogen-bond acceptors (Lipinski definition) is 4. The Bertz CT molecular complexity index is 633. The highest BCUT2D eigenvalue weighted by Gasteiger charge is 2.31. The Labute approximate surface area is 221 Å². The minimum absolute atomic E-state index is 0.00313. The van der Waals surface area contributed by atoms with Crippen molar-refractivity contribution in [3.05, 3.63) is 35.9 Å². The summed E-state index contributed by atoms with van der Waals surface area (Å²) < 4.78 is 16.7. The van der Waals surface area contributed by atoms with E-state index in [4.69, 9.17) is 14.2 Å². The molecule has 0 aliphatic carbocycles. The zero-order valence-electron chi connectivity index (χ0n) is 23.0. The molecular weight excluding hydrogens is 450 g/mol. The van der Waals surface area contributed by atoms with Gasteiger partial charge in [-0.1, -0.05) is 134 Å². The fraction of sp³-hybridized carbons (Fsp3) is 0.774. The van der Waals surface area contributed by atoms with E-state index in [1.54, 1.807) is 0 Å². The molecule has 206 valence electrons. The van der Waals surface area contributed by atoms with Gasteiger partial charge in [-0.15, -0.1) is 0 Å². The third-order valence-corrected chi connectivity index (χ3v) is 7.03. The highest BCUT2D eigenvalue weighted by Crippen LogP contribution is 2.21. The molecule has 1 N–H and O–H groups in total. The van der Waals surface area contributed by atoms with E-state index in [-0.39, 0.29) is 18.3 Å². The zero-order valence-corrected chi connectivity index (χ0v) is 23.0. The number of amides is 1. The highest BCUT2D eigenvalue weighted by molar-refractivity contribution is 5.67. The van der Waals surface area contributed by atoms with Crippen molar-refractivity contribution >= 4 is 6.09 Å². The molecule has 1 aromatic rings. The first kappa shape index (κ1) is 30.6. The smallest absolute Gasteiger partial charge is 0.407 e. The number of rotatable bonds is 23. The molecular formula is C31H53NO4. The standard InChI is InChI=1S/C31H53NO4/c1-2-3-4-5-6-7-8-9-10-11-12-13-14-15-16-20-23-32-31(33)35-27-30-24-29(36-30)26-34-25-28-21-18-17-19-22-28/h17-19,21-22,29-30H,2-16,20,23-27H2,1H3,(H,32,33)/t29-,30-/m0/s1. The minimum Gasteiger partial charge on any atom is -0.447 e. The predicted octanol–water partition coefficient (Wildman–Crippen LogP) is 8.35. The molecule has 5 nitrogen and oxygen atoms in total. The fourth-order valence-corrected chi connectivity index (χ4v) is 4.73. The van der Waals surface area contributed by atoms with Gasteiger partial charge in [-0.2, -0.15) is 0 Å². The van der Waals surface area contributed by atoms with E-state index in [0.29, 0.717) is 26.4 Å². The molecule has 1 aliphatic rings. The Morgan fingerprint density at radius 2 is 1.28 bits per heavy atom. The number of carbonyl (C=O) groups excluding carboxylic acids is 1. The molecule has 5 heteroatoms. The number of unbranched alkanes of at least 4 members (excludes halogenated alkanes) is 15. The molecule has 0 unspecified atom stereocenters. The molecule has 1 aromatic carbocycles. The molecule has 36 heavy (non-hydrogen) atoms. The maximum atomic E-state index is 11.8. The molecule has 0 aromatic heterocycles. The minimum atomic E-state index is -0.330. The van der Waals surface area contributed by atoms with Crippen molar-refractivity contribution in [1.29, 1.82) is 0 Å². The summed E-state index contributed by atoms with van der Waals surface area (Å²) in [6, 6.07) is 10.1. The molecule has 1 aliphatic heterocycles. The molecule has 2 rings (SSSR count). The van der Waals surface area contributed by atoms with Crippen LogP contribution in [0.1, 0.15) is 122 Å². The van der Waals surface area contributed by atoms with Gasteiger partial charge < -0.3 is 19.5 Å². The normalized spacial score (nSPS) is 17.0. The number of alkyl carbamates (subject to hydrolysis) is 1. The molecule has 1 fully saturated rings. The lowest BCUT2D eigenvalue weighted by Crippen LogP contribution is -2.44. The summed E-state index contributed by atoms with van der Waals surface area (Å²) in [5, 5.41) is 2.86. The summed E-state index contributed by atoms with van der Waals surface area (Å²) in [6.45, 7) is 4.48. The van der Waals surface area contributed by atoms with Gasteiger partial charge in [0, 0.05) is 13.0 Å². The summed E-state index contributed by atoms with van der Waals surface area (Å²) in [6.07, 6.45) is 22.3. The van der Waals surface area contributed by atoms with Gasteiger partial charge in [-0.25, -0.2) is 4.79 Å². The first-order valence-electron chi connectivity index (χ1n) is 15.0. The Balaban J connectivity index is 1.25. The molecule has 2 atom stereocenters. The lowest BCUT2D eigenvalue weighted by molar-refractivity contribution is -0.167. The summed E-state index contributed by atoms with van der Waals surface area (Å²) in [5.41, 5.74) is 1.16. The summed E-state index contributed by atoms with van der Waals surface area (Å²) in [7, 11) is 0. The lowest BCUT2D eigenvalue weighted by Gasteiger charge is -2.35. The van der Waals surface area contributed by atoms with Gasteiger partial charge in [-0.3, -0.25) is 0 Å². The second-order valence-corrected chi connectivity index (χ2v) is 10.4. The summed E-state index contributed by atoms with van der Waals surface area (Å²) >= 11 is 0. The van der Waals surface area contributed by atoms with E-state index in [2.05, 4.69) is 24.4 Å². The van der Waals surface area contributed by atoms with E-state index in [1.807, 2.05) is 18.2 Å². The molecule has 0 bridgehead atoms. The van der Waals surface area contributed by atoms with Crippen LogP contribution in [0.3, 0.4) is 0 Å². The largest absolute Gasteiger partial charge is 0.447 e. The van der Waals surface area contributed by atoms with E-state index in [0.717, 1.165) is 18.4 Å². The Morgan fingerprint density at radius 1 is 0.778 bits per heavy atom. The summed E-state index contributed by atoms with van der Waals surface area (Å²) in [4.78, 5) is 11.8. The van der Waals surface area contributed by atoms with Gasteiger partial charge in [0.2, 0.25) is 0 Å². The number of ether oxygens (including phenoxy) is 3. The Kier molecular flexibility index (Phi) is 18.3. The third-order valence-electron chi connectivity index (χ3n) is 7.03. The number of carbonyl (C=O) groups is 1. The number of nitrogens with one attached hydrogen (secondary N) is 1. The maximum Gasteiger partial charge on any atom is 0.407 e. The predicted molar refractivity (Wildman–Crippen MR) is 148 cm³/mol. The number of hydrogen-bond donors (Lipinski definition) is 1. The van der Waals surface area contributed by atoms with Crippen molar-refractivity contribution in [2.75, 3.05) is 19.8 Å². The topological polar surface area (TPSA) is 56.8 Å². The maximum absolute atomic E-state index is 11.8. The second-order valence-electron chi connectivity index (χ2n) is 10.4. The zero-order chi connectivity index (χ0) is 25.5. The quantitative estimate of drug-likeness (QED) is 0.152. The van der Waals surface area contributed by atoms with Crippen LogP contribution in [-0.2, 0) is 20.8 Å². The molecule has 0 radical (unpaired) electrons. The average Bonchev–Trinajstić information content (AvgIpc) is 2.87. The van der Waals surface area contributed by atoms with Crippen molar-refractivity contribution in [3.63, 3.8) is 0 Å². The van der Waals surface area contributed by atoms with Crippen LogP contribution < -0.4 is 5.32 Å². The first-order valence-corrected chi connectivity index (χ1v) is 15.0. The van der Waals surface area contributed by atoms with E-state index >= 15 is 0 Å². The Hall–Kier alpha value is -1.59. The average molecular weight is 504 g/mol. The van der Waals surface area contributed by atoms with Crippen LogP contribution in [0, 0.1) is 0 Å². The molecule has 0 saturated carbocycles. The van der Waals surface area contributed by atoms with Crippen LogP contribution in [0.15, 0.2) is 30.3 Å². The van der Waals surface area contributed by atoms with Gasteiger partial charge in [-0.05, 0) is 12.0 Å². The van der Waals surface area contributed by atoms with Crippen molar-refractivity contribution < 1.29 is 19.0 Å². The van der Waals surface area contributed by atoms with Crippen LogP contribution in [0.5, 0.6) is 0 Å². The van der Waals surface area contributed by atoms with Crippen LogP contribution in [0.4, 0.5) is 4.79 Å². The van der Waals surface area contributed by atoms with Gasteiger partial charge in [0.05, 0.1) is 25.4 Å². The SMILES string of the molecule is CCCCCCCCCCCCCCCCCCNC(=O)OC[C@@H]1C[C@@H](COCc2ccccc2)O1. The van der Waals surface area contributed by atoms with Crippen molar-refractivity contribution in [2.24, 2.45) is 0 Å². The molecule has 1 saturated heterocycles. The van der Waals surface area contributed by atoms with E-state index in [9.17, 15) is 4.79 Å². The first-order chi connectivity index (χ1) is 17.8. The van der Waals surface area contributed by atoms with Crippen LogP contribution in [0.2, 0.25) is 0 Å². The van der Waals surface area contributed by atoms with Gasteiger partial charge >= 0.3 is 6.09 Å². The van der Waals surface area contributed by atoms with Gasteiger partial charge in [0.15, 0.2) is 0 Å². The third kappa shape index (κ3) is 16.2. The number of benzene rings is 1. The van der Waals surface area contributed by atoms with Crippen LogP contribution in [-0.4, -0.2) is 38.1 Å². The van der Waals surface area contributed by atoms with Crippen molar-refractivity contribution in [2.45, 2.75) is 135 Å². The monoisotopic (exact) mass is 503 g/mol.